The quantitative estimate of drug-likeness (QED) is 0.583. The van der Waals surface area contributed by atoms with Gasteiger partial charge in [-0.25, -0.2) is 9.37 Å². The Morgan fingerprint density at radius 2 is 2.00 bits per heavy atom. The number of fused-ring (bicyclic) bond motifs is 1. The van der Waals surface area contributed by atoms with Crippen LogP contribution in [0.1, 0.15) is 15.9 Å². The Labute approximate surface area is 154 Å². The van der Waals surface area contributed by atoms with Gasteiger partial charge in [-0.15, -0.1) is 0 Å². The van der Waals surface area contributed by atoms with Crippen molar-refractivity contribution in [3.8, 4) is 11.5 Å². The summed E-state index contributed by atoms with van der Waals surface area (Å²) in [5.41, 5.74) is 2.99. The number of hydrogen-bond acceptors (Lipinski definition) is 4. The lowest BCUT2D eigenvalue weighted by molar-refractivity contribution is 0.0954. The molecule has 0 unspecified atom stereocenters. The fraction of sp³-hybridized carbons (Fsp3) is 0.0952. The third-order valence-electron chi connectivity index (χ3n) is 4.20. The molecule has 0 atom stereocenters. The molecule has 4 rings (SSSR count). The first-order valence-corrected chi connectivity index (χ1v) is 8.53. The number of halogens is 1. The van der Waals surface area contributed by atoms with Gasteiger partial charge in [-0.3, -0.25) is 9.78 Å². The first-order valence-electron chi connectivity index (χ1n) is 8.53. The number of aromatic nitrogens is 2. The van der Waals surface area contributed by atoms with E-state index in [1.807, 2.05) is 6.07 Å². The maximum atomic E-state index is 13.6. The van der Waals surface area contributed by atoms with E-state index in [9.17, 15) is 9.18 Å². The predicted molar refractivity (Wildman–Crippen MR) is 99.7 cm³/mol. The second kappa shape index (κ2) is 7.37. The number of nitrogens with zero attached hydrogens (tertiary/aromatic N) is 2. The van der Waals surface area contributed by atoms with E-state index >= 15 is 0 Å². The molecule has 2 aromatic carbocycles. The molecule has 1 amide bonds. The van der Waals surface area contributed by atoms with Crippen molar-refractivity contribution < 1.29 is 13.6 Å². The van der Waals surface area contributed by atoms with Crippen molar-refractivity contribution in [1.29, 1.82) is 0 Å². The van der Waals surface area contributed by atoms with Gasteiger partial charge in [-0.05, 0) is 48.4 Å². The second-order valence-electron chi connectivity index (χ2n) is 6.04. The van der Waals surface area contributed by atoms with Crippen LogP contribution in [0.3, 0.4) is 0 Å². The summed E-state index contributed by atoms with van der Waals surface area (Å²) >= 11 is 0. The van der Waals surface area contributed by atoms with Crippen LogP contribution in [-0.2, 0) is 6.42 Å². The summed E-state index contributed by atoms with van der Waals surface area (Å²) in [7, 11) is 0. The number of rotatable bonds is 5. The fourth-order valence-electron chi connectivity index (χ4n) is 2.79. The number of hydrogen-bond donors (Lipinski definition) is 1. The molecule has 0 saturated carbocycles. The molecular formula is C21H16FN3O2. The standard InChI is InChI=1S/C21H16FN3O2/c22-17-6-2-1-4-14(17)9-11-24-20(26)15-7-8-18-19(12-15)27-21(25-18)16-5-3-10-23-13-16/h1-8,10,12-13H,9,11H2,(H,24,26). The third kappa shape index (κ3) is 3.69. The number of carbonyl (C=O) groups excluding carboxylic acids is 1. The lowest BCUT2D eigenvalue weighted by Crippen LogP contribution is -2.25. The maximum absolute atomic E-state index is 13.6. The van der Waals surface area contributed by atoms with Crippen LogP contribution in [0.4, 0.5) is 4.39 Å². The fourth-order valence-corrected chi connectivity index (χ4v) is 2.79. The molecule has 0 aliphatic rings. The van der Waals surface area contributed by atoms with Gasteiger partial charge in [0, 0.05) is 24.5 Å². The highest BCUT2D eigenvalue weighted by atomic mass is 19.1. The molecule has 0 spiro atoms. The average molecular weight is 361 g/mol. The highest BCUT2D eigenvalue weighted by Gasteiger charge is 2.12. The van der Waals surface area contributed by atoms with E-state index in [0.29, 0.717) is 41.1 Å². The zero-order chi connectivity index (χ0) is 18.6. The van der Waals surface area contributed by atoms with Crippen molar-refractivity contribution in [2.24, 2.45) is 0 Å². The molecule has 27 heavy (non-hydrogen) atoms. The van der Waals surface area contributed by atoms with Crippen molar-refractivity contribution in [2.45, 2.75) is 6.42 Å². The van der Waals surface area contributed by atoms with Gasteiger partial charge >= 0.3 is 0 Å². The molecule has 0 aliphatic carbocycles. The van der Waals surface area contributed by atoms with E-state index < -0.39 is 0 Å². The van der Waals surface area contributed by atoms with E-state index in [1.54, 1.807) is 54.9 Å². The molecule has 2 aromatic heterocycles. The normalized spacial score (nSPS) is 10.9. The Morgan fingerprint density at radius 1 is 1.11 bits per heavy atom. The van der Waals surface area contributed by atoms with E-state index in [0.717, 1.165) is 5.56 Å². The van der Waals surface area contributed by atoms with Crippen LogP contribution in [0.2, 0.25) is 0 Å². The zero-order valence-electron chi connectivity index (χ0n) is 14.4. The summed E-state index contributed by atoms with van der Waals surface area (Å²) in [6.07, 6.45) is 3.77. The molecule has 1 N–H and O–H groups in total. The molecule has 2 heterocycles. The van der Waals surface area contributed by atoms with E-state index in [4.69, 9.17) is 4.42 Å². The van der Waals surface area contributed by atoms with Crippen molar-refractivity contribution in [1.82, 2.24) is 15.3 Å². The minimum atomic E-state index is -0.266. The maximum Gasteiger partial charge on any atom is 0.251 e. The number of nitrogens with one attached hydrogen (secondary N) is 1. The molecular weight excluding hydrogens is 345 g/mol. The van der Waals surface area contributed by atoms with Crippen LogP contribution in [0, 0.1) is 5.82 Å². The van der Waals surface area contributed by atoms with E-state index in [2.05, 4.69) is 15.3 Å². The van der Waals surface area contributed by atoms with Crippen LogP contribution in [-0.4, -0.2) is 22.4 Å². The number of amides is 1. The van der Waals surface area contributed by atoms with Gasteiger partial charge in [0.25, 0.3) is 5.91 Å². The van der Waals surface area contributed by atoms with Gasteiger partial charge in [0.05, 0.1) is 5.56 Å². The van der Waals surface area contributed by atoms with Crippen molar-refractivity contribution in [2.75, 3.05) is 6.54 Å². The molecule has 134 valence electrons. The monoisotopic (exact) mass is 361 g/mol. The number of carbonyl (C=O) groups is 1. The summed E-state index contributed by atoms with van der Waals surface area (Å²) in [4.78, 5) is 20.8. The van der Waals surface area contributed by atoms with Crippen molar-refractivity contribution in [3.05, 3.63) is 83.9 Å². The second-order valence-corrected chi connectivity index (χ2v) is 6.04. The first-order chi connectivity index (χ1) is 13.2. The van der Waals surface area contributed by atoms with Crippen LogP contribution in [0.15, 0.2) is 71.4 Å². The zero-order valence-corrected chi connectivity index (χ0v) is 14.4. The van der Waals surface area contributed by atoms with Gasteiger partial charge in [0.1, 0.15) is 11.3 Å². The molecule has 6 heteroatoms. The SMILES string of the molecule is O=C(NCCc1ccccc1F)c1ccc2nc(-c3cccnc3)oc2c1. The van der Waals surface area contributed by atoms with Gasteiger partial charge in [-0.2, -0.15) is 0 Å². The Morgan fingerprint density at radius 3 is 2.81 bits per heavy atom. The number of benzene rings is 2. The Hall–Kier alpha value is -3.54. The minimum absolute atomic E-state index is 0.243. The number of pyridine rings is 1. The molecule has 0 aliphatic heterocycles. The summed E-state index contributed by atoms with van der Waals surface area (Å²) in [6, 6.07) is 15.3. The molecule has 4 aromatic rings. The highest BCUT2D eigenvalue weighted by molar-refractivity contribution is 5.97. The van der Waals surface area contributed by atoms with Crippen molar-refractivity contribution >= 4 is 17.0 Å². The third-order valence-corrected chi connectivity index (χ3v) is 4.20. The Kier molecular flexibility index (Phi) is 4.61. The lowest BCUT2D eigenvalue weighted by atomic mass is 10.1. The largest absolute Gasteiger partial charge is 0.436 e. The average Bonchev–Trinajstić information content (AvgIpc) is 3.13. The molecule has 0 bridgehead atoms. The Balaban J connectivity index is 1.47. The van der Waals surface area contributed by atoms with Gasteiger partial charge < -0.3 is 9.73 Å². The molecule has 0 radical (unpaired) electrons. The minimum Gasteiger partial charge on any atom is -0.436 e. The van der Waals surface area contributed by atoms with Crippen molar-refractivity contribution in [3.63, 3.8) is 0 Å². The lowest BCUT2D eigenvalue weighted by Gasteiger charge is -2.06. The summed E-state index contributed by atoms with van der Waals surface area (Å²) in [6.45, 7) is 0.342. The van der Waals surface area contributed by atoms with E-state index in [1.165, 1.54) is 6.07 Å². The molecule has 0 fully saturated rings. The van der Waals surface area contributed by atoms with Crippen LogP contribution in [0.25, 0.3) is 22.6 Å². The smallest absolute Gasteiger partial charge is 0.251 e. The van der Waals surface area contributed by atoms with E-state index in [-0.39, 0.29) is 11.7 Å². The molecule has 0 saturated heterocycles. The molecule has 5 nitrogen and oxygen atoms in total. The summed E-state index contributed by atoms with van der Waals surface area (Å²) in [5.74, 6) is -0.0551. The number of oxazole rings is 1. The summed E-state index contributed by atoms with van der Waals surface area (Å²) in [5, 5.41) is 2.80. The van der Waals surface area contributed by atoms with Gasteiger partial charge in [-0.1, -0.05) is 18.2 Å². The van der Waals surface area contributed by atoms with Crippen LogP contribution >= 0.6 is 0 Å². The van der Waals surface area contributed by atoms with Gasteiger partial charge in [0.2, 0.25) is 5.89 Å². The van der Waals surface area contributed by atoms with Crippen LogP contribution < -0.4 is 5.32 Å². The Bertz CT molecular complexity index is 1090. The highest BCUT2D eigenvalue weighted by Crippen LogP contribution is 2.24. The predicted octanol–water partition coefficient (Wildman–Crippen LogP) is 4.00. The topological polar surface area (TPSA) is 68.0 Å². The first kappa shape index (κ1) is 16.9. The summed E-state index contributed by atoms with van der Waals surface area (Å²) < 4.78 is 19.4. The van der Waals surface area contributed by atoms with Gasteiger partial charge in [0.15, 0.2) is 5.58 Å². The van der Waals surface area contributed by atoms with Crippen LogP contribution in [0.5, 0.6) is 0 Å².